The minimum absolute atomic E-state index is 0.100. The fourth-order valence-corrected chi connectivity index (χ4v) is 3.17. The minimum atomic E-state index is -1.23. The second-order valence-corrected chi connectivity index (χ2v) is 6.64. The molecule has 1 fully saturated rings. The molecule has 1 saturated carbocycles. The highest BCUT2D eigenvalue weighted by Crippen LogP contribution is 2.29. The summed E-state index contributed by atoms with van der Waals surface area (Å²) >= 11 is 0. The van der Waals surface area contributed by atoms with E-state index in [1.54, 1.807) is 12.1 Å². The predicted octanol–water partition coefficient (Wildman–Crippen LogP) is 0.743. The van der Waals surface area contributed by atoms with E-state index >= 15 is 0 Å². The molecule has 2 rings (SSSR count). The van der Waals surface area contributed by atoms with Crippen LogP contribution < -0.4 is 21.3 Å². The molecule has 0 aliphatic heterocycles. The summed E-state index contributed by atoms with van der Waals surface area (Å²) in [5.74, 6) is -3.93. The maximum atomic E-state index is 12.2. The monoisotopic (exact) mass is 374 g/mol. The second kappa shape index (κ2) is 9.70. The van der Waals surface area contributed by atoms with Gasteiger partial charge in [-0.3, -0.25) is 25.2 Å². The Balaban J connectivity index is 1.88. The van der Waals surface area contributed by atoms with Crippen molar-refractivity contribution in [1.82, 2.24) is 10.9 Å². The van der Waals surface area contributed by atoms with Gasteiger partial charge in [-0.05, 0) is 43.5 Å². The zero-order valence-corrected chi connectivity index (χ0v) is 15.2. The van der Waals surface area contributed by atoms with E-state index in [2.05, 4.69) is 16.2 Å². The molecule has 8 nitrogen and oxygen atoms in total. The van der Waals surface area contributed by atoms with Crippen molar-refractivity contribution < 1.29 is 24.3 Å². The highest BCUT2D eigenvalue weighted by molar-refractivity contribution is 5.97. The van der Waals surface area contributed by atoms with E-state index in [0.29, 0.717) is 30.5 Å². The molecule has 0 heterocycles. The van der Waals surface area contributed by atoms with Crippen LogP contribution in [0.15, 0.2) is 24.3 Å². The molecule has 27 heavy (non-hydrogen) atoms. The lowest BCUT2D eigenvalue weighted by Gasteiger charge is -2.31. The number of nitrogens with one attached hydrogen (secondary N) is 3. The SMILES string of the molecule is CCCC(=O)Nc1ccc(C(=O)NNC(=O)[C@@H]2CCCC[C@@H]2C(=O)[O-])cc1. The number of aliphatic carboxylic acids is 1. The first-order valence-corrected chi connectivity index (χ1v) is 9.13. The van der Waals surface area contributed by atoms with Gasteiger partial charge in [-0.25, -0.2) is 0 Å². The average molecular weight is 374 g/mol. The molecule has 146 valence electrons. The van der Waals surface area contributed by atoms with Crippen molar-refractivity contribution in [3.05, 3.63) is 29.8 Å². The number of carbonyl (C=O) groups is 4. The molecule has 1 aliphatic carbocycles. The van der Waals surface area contributed by atoms with Crippen LogP contribution >= 0.6 is 0 Å². The maximum Gasteiger partial charge on any atom is 0.269 e. The first-order valence-electron chi connectivity index (χ1n) is 9.13. The zero-order chi connectivity index (χ0) is 19.8. The largest absolute Gasteiger partial charge is 0.550 e. The van der Waals surface area contributed by atoms with Crippen LogP contribution in [0.2, 0.25) is 0 Å². The number of rotatable bonds is 6. The standard InChI is InChI=1S/C19H25N3O5/c1-2-5-16(23)20-13-10-8-12(9-11-13)17(24)21-22-18(25)14-6-3-4-7-15(14)19(26)27/h8-11,14-15H,2-7H2,1H3,(H,20,23)(H,21,24)(H,22,25)(H,26,27)/p-1/t14-,15+/m1/s1. The van der Waals surface area contributed by atoms with Crippen LogP contribution in [0.4, 0.5) is 5.69 Å². The van der Waals surface area contributed by atoms with E-state index in [-0.39, 0.29) is 5.91 Å². The molecule has 0 unspecified atom stereocenters. The Morgan fingerprint density at radius 2 is 1.63 bits per heavy atom. The Labute approximate surface area is 157 Å². The van der Waals surface area contributed by atoms with Gasteiger partial charge in [-0.1, -0.05) is 19.8 Å². The molecule has 3 N–H and O–H groups in total. The van der Waals surface area contributed by atoms with Crippen LogP contribution in [0.3, 0.4) is 0 Å². The third-order valence-electron chi connectivity index (χ3n) is 4.61. The Kier molecular flexibility index (Phi) is 7.34. The van der Waals surface area contributed by atoms with E-state index in [1.807, 2.05) is 6.92 Å². The molecule has 1 aromatic carbocycles. The molecular formula is C19H24N3O5-. The van der Waals surface area contributed by atoms with Crippen LogP contribution in [0, 0.1) is 11.8 Å². The van der Waals surface area contributed by atoms with Crippen LogP contribution in [-0.2, 0) is 14.4 Å². The highest BCUT2D eigenvalue weighted by Gasteiger charge is 2.31. The van der Waals surface area contributed by atoms with Crippen molar-refractivity contribution in [2.24, 2.45) is 11.8 Å². The molecule has 0 saturated heterocycles. The second-order valence-electron chi connectivity index (χ2n) is 6.64. The van der Waals surface area contributed by atoms with E-state index < -0.39 is 29.6 Å². The van der Waals surface area contributed by atoms with Gasteiger partial charge in [0.1, 0.15) is 0 Å². The van der Waals surface area contributed by atoms with Gasteiger partial charge in [0.05, 0.1) is 0 Å². The summed E-state index contributed by atoms with van der Waals surface area (Å²) in [5, 5.41) is 13.9. The van der Waals surface area contributed by atoms with Gasteiger partial charge in [0.15, 0.2) is 0 Å². The zero-order valence-electron chi connectivity index (χ0n) is 15.2. The number of hydrogen-bond donors (Lipinski definition) is 3. The first kappa shape index (κ1) is 20.4. The van der Waals surface area contributed by atoms with E-state index in [4.69, 9.17) is 0 Å². The smallest absolute Gasteiger partial charge is 0.269 e. The highest BCUT2D eigenvalue weighted by atomic mass is 16.4. The normalized spacial score (nSPS) is 19.0. The van der Waals surface area contributed by atoms with Gasteiger partial charge in [0.25, 0.3) is 5.91 Å². The Morgan fingerprint density at radius 1 is 1.00 bits per heavy atom. The molecule has 0 spiro atoms. The number of carboxylic acid groups (broad SMARTS) is 1. The van der Waals surface area contributed by atoms with Crippen LogP contribution in [-0.4, -0.2) is 23.7 Å². The van der Waals surface area contributed by atoms with Crippen molar-refractivity contribution in [3.63, 3.8) is 0 Å². The van der Waals surface area contributed by atoms with Gasteiger partial charge in [0.2, 0.25) is 11.8 Å². The van der Waals surface area contributed by atoms with Crippen molar-refractivity contribution in [1.29, 1.82) is 0 Å². The lowest BCUT2D eigenvalue weighted by Crippen LogP contribution is -2.49. The molecule has 8 heteroatoms. The summed E-state index contributed by atoms with van der Waals surface area (Å²) in [7, 11) is 0. The third-order valence-corrected chi connectivity index (χ3v) is 4.61. The number of anilines is 1. The van der Waals surface area contributed by atoms with Gasteiger partial charge in [-0.15, -0.1) is 0 Å². The topological polar surface area (TPSA) is 127 Å². The molecule has 0 radical (unpaired) electrons. The van der Waals surface area contributed by atoms with Gasteiger partial charge < -0.3 is 15.2 Å². The van der Waals surface area contributed by atoms with Gasteiger partial charge >= 0.3 is 0 Å². The summed E-state index contributed by atoms with van der Waals surface area (Å²) in [6, 6.07) is 6.23. The van der Waals surface area contributed by atoms with Crippen molar-refractivity contribution in [3.8, 4) is 0 Å². The summed E-state index contributed by atoms with van der Waals surface area (Å²) in [6.45, 7) is 1.91. The van der Waals surface area contributed by atoms with Crippen LogP contribution in [0.1, 0.15) is 55.8 Å². The molecule has 3 amide bonds. The first-order chi connectivity index (χ1) is 12.9. The fourth-order valence-electron chi connectivity index (χ4n) is 3.17. The van der Waals surface area contributed by atoms with Crippen molar-refractivity contribution in [2.75, 3.05) is 5.32 Å². The molecule has 1 aliphatic rings. The van der Waals surface area contributed by atoms with Gasteiger partial charge in [-0.2, -0.15) is 0 Å². The van der Waals surface area contributed by atoms with E-state index in [1.165, 1.54) is 12.1 Å². The molecule has 1 aromatic rings. The Morgan fingerprint density at radius 3 is 2.22 bits per heavy atom. The van der Waals surface area contributed by atoms with Crippen LogP contribution in [0.25, 0.3) is 0 Å². The number of carboxylic acids is 1. The molecule has 2 atom stereocenters. The van der Waals surface area contributed by atoms with E-state index in [9.17, 15) is 24.3 Å². The fraction of sp³-hybridized carbons (Fsp3) is 0.474. The molecule has 0 aromatic heterocycles. The number of benzene rings is 1. The number of hydrazine groups is 1. The molecular weight excluding hydrogens is 350 g/mol. The average Bonchev–Trinajstić information content (AvgIpc) is 2.66. The lowest BCUT2D eigenvalue weighted by molar-refractivity contribution is -0.314. The summed E-state index contributed by atoms with van der Waals surface area (Å²) in [4.78, 5) is 47.1. The predicted molar refractivity (Wildman–Crippen MR) is 96.0 cm³/mol. The lowest BCUT2D eigenvalue weighted by atomic mass is 9.79. The number of hydrogen-bond acceptors (Lipinski definition) is 5. The maximum absolute atomic E-state index is 12.2. The van der Waals surface area contributed by atoms with Gasteiger partial charge in [0, 0.05) is 35.5 Å². The van der Waals surface area contributed by atoms with Crippen LogP contribution in [0.5, 0.6) is 0 Å². The molecule has 0 bridgehead atoms. The van der Waals surface area contributed by atoms with Crippen molar-refractivity contribution >= 4 is 29.4 Å². The Hall–Kier alpha value is -2.90. The number of carbonyl (C=O) groups excluding carboxylic acids is 4. The third kappa shape index (κ3) is 5.80. The Bertz CT molecular complexity index is 702. The summed E-state index contributed by atoms with van der Waals surface area (Å²) < 4.78 is 0. The van der Waals surface area contributed by atoms with Crippen molar-refractivity contribution in [2.45, 2.75) is 45.4 Å². The quantitative estimate of drug-likeness (QED) is 0.633. The summed E-state index contributed by atoms with van der Waals surface area (Å²) in [6.07, 6.45) is 3.52. The summed E-state index contributed by atoms with van der Waals surface area (Å²) in [5.41, 5.74) is 5.47. The minimum Gasteiger partial charge on any atom is -0.550 e. The van der Waals surface area contributed by atoms with E-state index in [0.717, 1.165) is 19.3 Å². The number of amides is 3.